The average Bonchev–Trinajstić information content (AvgIpc) is 2.36. The summed E-state index contributed by atoms with van der Waals surface area (Å²) in [6, 6.07) is 2.60. The molecular formula is C12H7ClF4N2. The number of halogens is 5. The maximum absolute atomic E-state index is 13.1. The first-order valence-electron chi connectivity index (χ1n) is 5.17. The zero-order chi connectivity index (χ0) is 14.0. The van der Waals surface area contributed by atoms with Crippen molar-refractivity contribution in [3.8, 4) is 11.4 Å². The van der Waals surface area contributed by atoms with E-state index in [4.69, 9.17) is 11.6 Å². The molecule has 2 rings (SSSR count). The molecule has 0 amide bonds. The Bertz CT molecular complexity index is 584. The van der Waals surface area contributed by atoms with Gasteiger partial charge in [-0.25, -0.2) is 27.5 Å². The molecule has 1 heterocycles. The zero-order valence-electron chi connectivity index (χ0n) is 9.38. The second kappa shape index (κ2) is 5.52. The van der Waals surface area contributed by atoms with Crippen LogP contribution in [0.1, 0.15) is 17.7 Å². The Kier molecular flexibility index (Phi) is 3.99. The van der Waals surface area contributed by atoms with E-state index in [0.717, 1.165) is 18.3 Å². The summed E-state index contributed by atoms with van der Waals surface area (Å²) < 4.78 is 51.7. The monoisotopic (exact) mass is 290 g/mol. The van der Waals surface area contributed by atoms with Crippen LogP contribution in [0.2, 0.25) is 0 Å². The third-order valence-electron chi connectivity index (χ3n) is 2.37. The molecule has 0 saturated carbocycles. The van der Waals surface area contributed by atoms with E-state index in [1.807, 2.05) is 0 Å². The molecule has 7 heteroatoms. The lowest BCUT2D eigenvalue weighted by Gasteiger charge is -2.07. The number of nitrogens with zero attached hydrogens (tertiary/aromatic N) is 2. The van der Waals surface area contributed by atoms with Gasteiger partial charge in [-0.1, -0.05) is 0 Å². The van der Waals surface area contributed by atoms with Crippen LogP contribution in [-0.4, -0.2) is 9.97 Å². The molecule has 0 atom stereocenters. The summed E-state index contributed by atoms with van der Waals surface area (Å²) >= 11 is 5.49. The highest BCUT2D eigenvalue weighted by Crippen LogP contribution is 2.25. The van der Waals surface area contributed by atoms with Gasteiger partial charge in [0, 0.05) is 23.4 Å². The summed E-state index contributed by atoms with van der Waals surface area (Å²) in [5, 5.41) is 0. The normalized spacial score (nSPS) is 11.1. The average molecular weight is 291 g/mol. The minimum Gasteiger partial charge on any atom is -0.236 e. The lowest BCUT2D eigenvalue weighted by atomic mass is 10.2. The largest absolute Gasteiger partial charge is 0.280 e. The SMILES string of the molecule is Fc1cc(F)cc(-c2ncc(CCl)c(C(F)F)n2)c1. The Hall–Kier alpha value is -1.69. The van der Waals surface area contributed by atoms with Crippen molar-refractivity contribution in [3.05, 3.63) is 47.3 Å². The first kappa shape index (κ1) is 13.7. The number of aromatic nitrogens is 2. The Balaban J connectivity index is 2.53. The van der Waals surface area contributed by atoms with E-state index in [2.05, 4.69) is 9.97 Å². The molecule has 0 saturated heterocycles. The van der Waals surface area contributed by atoms with Gasteiger partial charge in [0.05, 0.1) is 5.88 Å². The van der Waals surface area contributed by atoms with Crippen molar-refractivity contribution < 1.29 is 17.6 Å². The molecule has 1 aromatic heterocycles. The third kappa shape index (κ3) is 3.01. The maximum Gasteiger partial charge on any atom is 0.280 e. The van der Waals surface area contributed by atoms with E-state index in [0.29, 0.717) is 6.07 Å². The van der Waals surface area contributed by atoms with Crippen molar-refractivity contribution in [3.63, 3.8) is 0 Å². The lowest BCUT2D eigenvalue weighted by molar-refractivity contribution is 0.145. The first-order chi connectivity index (χ1) is 9.01. The van der Waals surface area contributed by atoms with Crippen LogP contribution in [0.5, 0.6) is 0 Å². The molecule has 2 aromatic rings. The predicted molar refractivity (Wildman–Crippen MR) is 61.9 cm³/mol. The second-order valence-corrected chi connectivity index (χ2v) is 3.96. The molecule has 0 aliphatic carbocycles. The molecule has 0 fully saturated rings. The fourth-order valence-corrected chi connectivity index (χ4v) is 1.74. The number of rotatable bonds is 3. The topological polar surface area (TPSA) is 25.8 Å². The van der Waals surface area contributed by atoms with Crippen molar-refractivity contribution in [2.75, 3.05) is 0 Å². The van der Waals surface area contributed by atoms with Gasteiger partial charge in [-0.2, -0.15) is 0 Å². The first-order valence-corrected chi connectivity index (χ1v) is 5.71. The molecule has 0 radical (unpaired) electrons. The van der Waals surface area contributed by atoms with Gasteiger partial charge in [-0.15, -0.1) is 11.6 Å². The fourth-order valence-electron chi connectivity index (χ4n) is 1.53. The quantitative estimate of drug-likeness (QED) is 0.628. The van der Waals surface area contributed by atoms with Gasteiger partial charge in [0.2, 0.25) is 0 Å². The van der Waals surface area contributed by atoms with Crippen molar-refractivity contribution in [2.45, 2.75) is 12.3 Å². The molecular weight excluding hydrogens is 284 g/mol. The van der Waals surface area contributed by atoms with Crippen molar-refractivity contribution in [1.29, 1.82) is 0 Å². The molecule has 0 N–H and O–H groups in total. The molecule has 0 unspecified atom stereocenters. The van der Waals surface area contributed by atoms with Crippen LogP contribution in [0.3, 0.4) is 0 Å². The Morgan fingerprint density at radius 1 is 1.11 bits per heavy atom. The van der Waals surface area contributed by atoms with Crippen LogP contribution in [0.25, 0.3) is 11.4 Å². The van der Waals surface area contributed by atoms with Crippen molar-refractivity contribution in [2.24, 2.45) is 0 Å². The second-order valence-electron chi connectivity index (χ2n) is 3.70. The summed E-state index contributed by atoms with van der Waals surface area (Å²) in [7, 11) is 0. The minimum atomic E-state index is -2.84. The minimum absolute atomic E-state index is 0.0134. The molecule has 19 heavy (non-hydrogen) atoms. The van der Waals surface area contributed by atoms with Gasteiger partial charge in [0.1, 0.15) is 17.3 Å². The number of benzene rings is 1. The fraction of sp³-hybridized carbons (Fsp3) is 0.167. The van der Waals surface area contributed by atoms with E-state index in [1.165, 1.54) is 0 Å². The van der Waals surface area contributed by atoms with Gasteiger partial charge < -0.3 is 0 Å². The number of hydrogen-bond donors (Lipinski definition) is 0. The highest BCUT2D eigenvalue weighted by Gasteiger charge is 2.17. The number of alkyl halides is 3. The third-order valence-corrected chi connectivity index (χ3v) is 2.66. The van der Waals surface area contributed by atoms with Gasteiger partial charge in [0.15, 0.2) is 5.82 Å². The highest BCUT2D eigenvalue weighted by atomic mass is 35.5. The maximum atomic E-state index is 13.1. The molecule has 1 aromatic carbocycles. The van der Waals surface area contributed by atoms with Crippen molar-refractivity contribution in [1.82, 2.24) is 9.97 Å². The number of hydrogen-bond acceptors (Lipinski definition) is 2. The summed E-state index contributed by atoms with van der Waals surface area (Å²) in [6.45, 7) is 0. The van der Waals surface area contributed by atoms with E-state index in [1.54, 1.807) is 0 Å². The lowest BCUT2D eigenvalue weighted by Crippen LogP contribution is -2.01. The van der Waals surface area contributed by atoms with Crippen LogP contribution >= 0.6 is 11.6 Å². The van der Waals surface area contributed by atoms with Crippen molar-refractivity contribution >= 4 is 11.6 Å². The Morgan fingerprint density at radius 3 is 2.26 bits per heavy atom. The van der Waals surface area contributed by atoms with Crippen LogP contribution in [0.15, 0.2) is 24.4 Å². The summed E-state index contributed by atoms with van der Waals surface area (Å²) in [4.78, 5) is 7.40. The predicted octanol–water partition coefficient (Wildman–Crippen LogP) is 4.10. The van der Waals surface area contributed by atoms with Gasteiger partial charge in [-0.3, -0.25) is 0 Å². The van der Waals surface area contributed by atoms with E-state index >= 15 is 0 Å². The Labute approximate surface area is 111 Å². The van der Waals surface area contributed by atoms with E-state index in [-0.39, 0.29) is 22.8 Å². The van der Waals surface area contributed by atoms with Crippen LogP contribution in [0, 0.1) is 11.6 Å². The summed E-state index contributed by atoms with van der Waals surface area (Å²) in [5.74, 6) is -2.02. The Morgan fingerprint density at radius 2 is 1.74 bits per heavy atom. The molecule has 0 spiro atoms. The molecule has 0 bridgehead atoms. The molecule has 2 nitrogen and oxygen atoms in total. The smallest absolute Gasteiger partial charge is 0.236 e. The molecule has 0 aliphatic rings. The van der Waals surface area contributed by atoms with Crippen LogP contribution < -0.4 is 0 Å². The van der Waals surface area contributed by atoms with Gasteiger partial charge in [-0.05, 0) is 12.1 Å². The molecule has 100 valence electrons. The zero-order valence-corrected chi connectivity index (χ0v) is 10.1. The molecule has 0 aliphatic heterocycles. The van der Waals surface area contributed by atoms with E-state index in [9.17, 15) is 17.6 Å². The van der Waals surface area contributed by atoms with Crippen LogP contribution in [-0.2, 0) is 5.88 Å². The van der Waals surface area contributed by atoms with Gasteiger partial charge in [0.25, 0.3) is 6.43 Å². The summed E-state index contributed by atoms with van der Waals surface area (Å²) in [5.41, 5.74) is -0.470. The van der Waals surface area contributed by atoms with Gasteiger partial charge >= 0.3 is 0 Å². The standard InChI is InChI=1S/C12H7ClF4N2/c13-4-7-5-18-12(19-10(7)11(16)17)6-1-8(14)3-9(15)2-6/h1-3,5,11H,4H2. The summed E-state index contributed by atoms with van der Waals surface area (Å²) in [6.07, 6.45) is -1.71. The highest BCUT2D eigenvalue weighted by molar-refractivity contribution is 6.17. The van der Waals surface area contributed by atoms with Crippen LogP contribution in [0.4, 0.5) is 17.6 Å². The van der Waals surface area contributed by atoms with E-state index < -0.39 is 23.8 Å².